The molecule has 0 aromatic heterocycles. The maximum Gasteiger partial charge on any atom is 0.320 e. The average molecular weight is 171 g/mol. The van der Waals surface area contributed by atoms with Crippen molar-refractivity contribution in [3.63, 3.8) is 0 Å². The molecule has 0 radical (unpaired) electrons. The molecule has 1 rings (SSSR count). The normalized spacial score (nSPS) is 32.8. The molecule has 1 fully saturated rings. The average Bonchev–Trinajstić information content (AvgIpc) is 2.04. The van der Waals surface area contributed by atoms with E-state index in [1.54, 1.807) is 0 Å². The molecule has 0 aromatic carbocycles. The maximum absolute atomic E-state index is 10.6. The van der Waals surface area contributed by atoms with Gasteiger partial charge in [-0.1, -0.05) is 19.8 Å². The van der Waals surface area contributed by atoms with Gasteiger partial charge in [-0.05, 0) is 24.7 Å². The minimum Gasteiger partial charge on any atom is -0.480 e. The standard InChI is InChI=1S/C9H17NO2/c1-6-2-4-7(5-3-6)8(10)9(11)12/h6-8H,2-5,10H2,1H3,(H,11,12)/t6-,7-,8-/m0/s1. The molecule has 0 spiro atoms. The molecule has 12 heavy (non-hydrogen) atoms. The van der Waals surface area contributed by atoms with Crippen molar-refractivity contribution in [2.45, 2.75) is 38.6 Å². The van der Waals surface area contributed by atoms with E-state index >= 15 is 0 Å². The van der Waals surface area contributed by atoms with Crippen LogP contribution in [0.15, 0.2) is 0 Å². The second kappa shape index (κ2) is 3.90. The van der Waals surface area contributed by atoms with Crippen molar-refractivity contribution in [3.8, 4) is 0 Å². The number of nitrogens with two attached hydrogens (primary N) is 1. The van der Waals surface area contributed by atoms with E-state index in [0.717, 1.165) is 31.6 Å². The number of carboxylic acid groups (broad SMARTS) is 1. The highest BCUT2D eigenvalue weighted by Crippen LogP contribution is 2.29. The Morgan fingerprint density at radius 1 is 1.42 bits per heavy atom. The number of carbonyl (C=O) groups is 1. The van der Waals surface area contributed by atoms with Gasteiger partial charge < -0.3 is 10.8 Å². The van der Waals surface area contributed by atoms with Gasteiger partial charge in [-0.3, -0.25) is 4.79 Å². The Labute approximate surface area is 72.9 Å². The minimum atomic E-state index is -0.852. The first-order valence-electron chi connectivity index (χ1n) is 4.59. The smallest absolute Gasteiger partial charge is 0.320 e. The van der Waals surface area contributed by atoms with Crippen LogP contribution in [0.3, 0.4) is 0 Å². The minimum absolute atomic E-state index is 0.207. The molecule has 0 unspecified atom stereocenters. The van der Waals surface area contributed by atoms with E-state index in [4.69, 9.17) is 10.8 Å². The molecule has 0 aliphatic heterocycles. The first-order chi connectivity index (χ1) is 5.61. The Hall–Kier alpha value is -0.570. The summed E-state index contributed by atoms with van der Waals surface area (Å²) in [6.45, 7) is 2.21. The summed E-state index contributed by atoms with van der Waals surface area (Å²) in [5, 5.41) is 8.68. The highest BCUT2D eigenvalue weighted by atomic mass is 16.4. The first kappa shape index (κ1) is 9.52. The Balaban J connectivity index is 2.39. The highest BCUT2D eigenvalue weighted by Gasteiger charge is 2.27. The Kier molecular flexibility index (Phi) is 3.09. The molecule has 3 heteroatoms. The molecule has 1 aliphatic carbocycles. The van der Waals surface area contributed by atoms with Crippen LogP contribution in [-0.2, 0) is 4.79 Å². The fraction of sp³-hybridized carbons (Fsp3) is 0.889. The van der Waals surface area contributed by atoms with E-state index in [2.05, 4.69) is 6.92 Å². The van der Waals surface area contributed by atoms with Crippen molar-refractivity contribution in [1.29, 1.82) is 0 Å². The van der Waals surface area contributed by atoms with Gasteiger partial charge in [0, 0.05) is 0 Å². The largest absolute Gasteiger partial charge is 0.480 e. The predicted octanol–water partition coefficient (Wildman–Crippen LogP) is 1.22. The van der Waals surface area contributed by atoms with E-state index in [1.807, 2.05) is 0 Å². The third-order valence-electron chi connectivity index (χ3n) is 2.85. The van der Waals surface area contributed by atoms with E-state index in [9.17, 15) is 4.79 Å². The summed E-state index contributed by atoms with van der Waals surface area (Å²) in [6.07, 6.45) is 4.22. The third kappa shape index (κ3) is 2.21. The first-order valence-corrected chi connectivity index (χ1v) is 4.59. The summed E-state index contributed by atoms with van der Waals surface area (Å²) in [6, 6.07) is -0.641. The maximum atomic E-state index is 10.6. The zero-order valence-corrected chi connectivity index (χ0v) is 7.49. The van der Waals surface area contributed by atoms with Crippen molar-refractivity contribution < 1.29 is 9.90 Å². The number of hydrogen-bond acceptors (Lipinski definition) is 2. The van der Waals surface area contributed by atoms with E-state index in [-0.39, 0.29) is 5.92 Å². The molecule has 3 N–H and O–H groups in total. The molecule has 0 aromatic rings. The van der Waals surface area contributed by atoms with Crippen LogP contribution in [0, 0.1) is 11.8 Å². The molecule has 0 amide bonds. The van der Waals surface area contributed by atoms with Gasteiger partial charge in [-0.15, -0.1) is 0 Å². The number of aliphatic carboxylic acids is 1. The monoisotopic (exact) mass is 171 g/mol. The summed E-state index contributed by atoms with van der Waals surface area (Å²) < 4.78 is 0. The number of rotatable bonds is 2. The van der Waals surface area contributed by atoms with Gasteiger partial charge in [0.2, 0.25) is 0 Å². The van der Waals surface area contributed by atoms with Crippen LogP contribution in [0.4, 0.5) is 0 Å². The quantitative estimate of drug-likeness (QED) is 0.656. The van der Waals surface area contributed by atoms with E-state index in [0.29, 0.717) is 0 Å². The topological polar surface area (TPSA) is 63.3 Å². The lowest BCUT2D eigenvalue weighted by molar-refractivity contribution is -0.140. The van der Waals surface area contributed by atoms with Crippen molar-refractivity contribution in [3.05, 3.63) is 0 Å². The van der Waals surface area contributed by atoms with Gasteiger partial charge in [0.05, 0.1) is 0 Å². The molecule has 0 heterocycles. The zero-order chi connectivity index (χ0) is 9.14. The van der Waals surface area contributed by atoms with Crippen LogP contribution in [0.2, 0.25) is 0 Å². The van der Waals surface area contributed by atoms with Crippen LogP contribution in [0.1, 0.15) is 32.6 Å². The molecule has 70 valence electrons. The summed E-state index contributed by atoms with van der Waals surface area (Å²) in [4.78, 5) is 10.6. The predicted molar refractivity (Wildman–Crippen MR) is 46.7 cm³/mol. The fourth-order valence-electron chi connectivity index (χ4n) is 1.85. The van der Waals surface area contributed by atoms with Gasteiger partial charge in [0.15, 0.2) is 0 Å². The molecule has 0 bridgehead atoms. The van der Waals surface area contributed by atoms with Crippen LogP contribution >= 0.6 is 0 Å². The lowest BCUT2D eigenvalue weighted by Crippen LogP contribution is -2.39. The highest BCUT2D eigenvalue weighted by molar-refractivity contribution is 5.73. The van der Waals surface area contributed by atoms with Crippen LogP contribution in [-0.4, -0.2) is 17.1 Å². The Morgan fingerprint density at radius 3 is 2.33 bits per heavy atom. The second-order valence-electron chi connectivity index (χ2n) is 3.88. The fourth-order valence-corrected chi connectivity index (χ4v) is 1.85. The third-order valence-corrected chi connectivity index (χ3v) is 2.85. The van der Waals surface area contributed by atoms with Crippen molar-refractivity contribution in [2.75, 3.05) is 0 Å². The zero-order valence-electron chi connectivity index (χ0n) is 7.49. The van der Waals surface area contributed by atoms with Gasteiger partial charge in [-0.2, -0.15) is 0 Å². The molecule has 1 saturated carbocycles. The molecular formula is C9H17NO2. The van der Waals surface area contributed by atoms with Crippen molar-refractivity contribution in [1.82, 2.24) is 0 Å². The van der Waals surface area contributed by atoms with Crippen LogP contribution in [0.25, 0.3) is 0 Å². The van der Waals surface area contributed by atoms with Gasteiger partial charge in [0.1, 0.15) is 6.04 Å². The SMILES string of the molecule is C[C@H]1CC[C@H]([C@H](N)C(=O)O)CC1. The van der Waals surface area contributed by atoms with Crippen molar-refractivity contribution >= 4 is 5.97 Å². The summed E-state index contributed by atoms with van der Waals surface area (Å²) in [5.41, 5.74) is 5.54. The van der Waals surface area contributed by atoms with Crippen LogP contribution < -0.4 is 5.73 Å². The molecule has 1 atom stereocenters. The van der Waals surface area contributed by atoms with Crippen molar-refractivity contribution in [2.24, 2.45) is 17.6 Å². The van der Waals surface area contributed by atoms with E-state index in [1.165, 1.54) is 0 Å². The molecule has 0 saturated heterocycles. The molecule has 1 aliphatic rings. The van der Waals surface area contributed by atoms with E-state index < -0.39 is 12.0 Å². The van der Waals surface area contributed by atoms with Crippen LogP contribution in [0.5, 0.6) is 0 Å². The summed E-state index contributed by atoms with van der Waals surface area (Å²) in [7, 11) is 0. The molecular weight excluding hydrogens is 154 g/mol. The van der Waals surface area contributed by atoms with Gasteiger partial charge in [0.25, 0.3) is 0 Å². The molecule has 3 nitrogen and oxygen atoms in total. The number of carboxylic acids is 1. The lowest BCUT2D eigenvalue weighted by Gasteiger charge is -2.28. The number of hydrogen-bond donors (Lipinski definition) is 2. The second-order valence-corrected chi connectivity index (χ2v) is 3.88. The summed E-state index contributed by atoms with van der Waals surface area (Å²) in [5.74, 6) is 0.107. The van der Waals surface area contributed by atoms with Gasteiger partial charge in [-0.25, -0.2) is 0 Å². The lowest BCUT2D eigenvalue weighted by atomic mass is 9.79. The Bertz CT molecular complexity index is 162. The van der Waals surface area contributed by atoms with Gasteiger partial charge >= 0.3 is 5.97 Å². The summed E-state index contributed by atoms with van der Waals surface area (Å²) >= 11 is 0. The Morgan fingerprint density at radius 2 is 1.92 bits per heavy atom.